The number of carbonyl (C=O) groups excluding carboxylic acids is 2. The summed E-state index contributed by atoms with van der Waals surface area (Å²) in [6, 6.07) is 5.20. The first-order chi connectivity index (χ1) is 17.4. The van der Waals surface area contributed by atoms with Crippen LogP contribution < -0.4 is 14.4 Å². The van der Waals surface area contributed by atoms with E-state index < -0.39 is 36.0 Å². The zero-order chi connectivity index (χ0) is 27.5. The summed E-state index contributed by atoms with van der Waals surface area (Å²) in [7, 11) is 4.07. The van der Waals surface area contributed by atoms with E-state index in [0.29, 0.717) is 22.7 Å². The van der Waals surface area contributed by atoms with Crippen LogP contribution in [0.25, 0.3) is 0 Å². The van der Waals surface area contributed by atoms with Gasteiger partial charge in [-0.05, 0) is 50.1 Å². The van der Waals surface area contributed by atoms with E-state index in [4.69, 9.17) is 30.5 Å². The van der Waals surface area contributed by atoms with Gasteiger partial charge in [-0.1, -0.05) is 11.6 Å². The normalized spacial score (nSPS) is 17.1. The summed E-state index contributed by atoms with van der Waals surface area (Å²) in [6.45, 7) is 3.38. The maximum absolute atomic E-state index is 13.4. The number of rotatable bonds is 6. The Bertz CT molecular complexity index is 1160. The molecule has 202 valence electrons. The topological polar surface area (TPSA) is 77.5 Å². The van der Waals surface area contributed by atoms with Crippen molar-refractivity contribution in [1.29, 1.82) is 0 Å². The molecule has 0 fully saturated rings. The number of halogens is 4. The number of ether oxygens (including phenoxy) is 4. The van der Waals surface area contributed by atoms with Crippen LogP contribution in [0.2, 0.25) is 5.02 Å². The van der Waals surface area contributed by atoms with Crippen LogP contribution in [-0.4, -0.2) is 51.1 Å². The summed E-state index contributed by atoms with van der Waals surface area (Å²) in [6.07, 6.45) is -5.73. The predicted molar refractivity (Wildman–Crippen MR) is 130 cm³/mol. The van der Waals surface area contributed by atoms with Gasteiger partial charge < -0.3 is 18.9 Å². The SMILES string of the molecule is CCOC(=O)N1c2cc(OC)c(OC)cc2[C@@H](N(Cc2cc(Cl)cc(C(F)(F)F)c2)C(=O)OC)C[C@H]1C. The van der Waals surface area contributed by atoms with Crippen LogP contribution in [-0.2, 0) is 22.2 Å². The molecule has 0 saturated carbocycles. The number of nitrogens with zero attached hydrogens (tertiary/aromatic N) is 2. The van der Waals surface area contributed by atoms with Crippen molar-refractivity contribution in [2.45, 2.75) is 45.1 Å². The van der Waals surface area contributed by atoms with E-state index in [-0.39, 0.29) is 30.2 Å². The summed E-state index contributed by atoms with van der Waals surface area (Å²) in [5.74, 6) is 0.689. The molecule has 37 heavy (non-hydrogen) atoms. The molecule has 2 aromatic rings. The Morgan fingerprint density at radius 2 is 1.73 bits per heavy atom. The summed E-state index contributed by atoms with van der Waals surface area (Å²) < 4.78 is 61.3. The average molecular weight is 545 g/mol. The van der Waals surface area contributed by atoms with Gasteiger partial charge in [-0.3, -0.25) is 9.80 Å². The Kier molecular flexibility index (Phi) is 8.68. The van der Waals surface area contributed by atoms with Gasteiger partial charge in [-0.25, -0.2) is 9.59 Å². The molecule has 0 aromatic heterocycles. The number of hydrogen-bond acceptors (Lipinski definition) is 6. The molecule has 2 aromatic carbocycles. The summed E-state index contributed by atoms with van der Waals surface area (Å²) in [5, 5.41) is -0.119. The summed E-state index contributed by atoms with van der Waals surface area (Å²) in [4.78, 5) is 28.6. The molecule has 0 spiro atoms. The third kappa shape index (κ3) is 5.98. The molecule has 0 unspecified atom stereocenters. The third-order valence-corrected chi connectivity index (χ3v) is 6.26. The monoisotopic (exact) mass is 544 g/mol. The fourth-order valence-electron chi connectivity index (χ4n) is 4.44. The highest BCUT2D eigenvalue weighted by atomic mass is 35.5. The van der Waals surface area contributed by atoms with Gasteiger partial charge in [0.05, 0.1) is 45.2 Å². The van der Waals surface area contributed by atoms with Gasteiger partial charge >= 0.3 is 18.4 Å². The molecule has 0 saturated heterocycles. The molecule has 0 aliphatic carbocycles. The first-order valence-electron chi connectivity index (χ1n) is 11.4. The van der Waals surface area contributed by atoms with Crippen molar-refractivity contribution in [3.8, 4) is 11.5 Å². The van der Waals surface area contributed by atoms with Crippen molar-refractivity contribution in [2.24, 2.45) is 0 Å². The Morgan fingerprint density at radius 3 is 2.30 bits per heavy atom. The van der Waals surface area contributed by atoms with E-state index in [1.165, 1.54) is 37.2 Å². The van der Waals surface area contributed by atoms with E-state index in [2.05, 4.69) is 0 Å². The van der Waals surface area contributed by atoms with Crippen molar-refractivity contribution < 1.29 is 41.7 Å². The second-order valence-electron chi connectivity index (χ2n) is 8.38. The van der Waals surface area contributed by atoms with Gasteiger partial charge in [0, 0.05) is 29.2 Å². The first-order valence-corrected chi connectivity index (χ1v) is 11.8. The Balaban J connectivity index is 2.16. The molecule has 0 radical (unpaired) electrons. The Morgan fingerprint density at radius 1 is 1.08 bits per heavy atom. The number of anilines is 1. The van der Waals surface area contributed by atoms with Gasteiger partial charge in [-0.15, -0.1) is 0 Å². The standard InChI is InChI=1S/C25H28ClF3N2O6/c1-6-37-24(33)31-14(2)7-19(18-11-21(34-3)22(35-4)12-20(18)31)30(23(32)36-5)13-15-8-16(25(27,28)29)10-17(26)9-15/h8-12,14,19H,6-7,13H2,1-5H3/t14-,19+/m1/s1. The van der Waals surface area contributed by atoms with Crippen molar-refractivity contribution in [3.63, 3.8) is 0 Å². The Labute approximate surface area is 217 Å². The van der Waals surface area contributed by atoms with Gasteiger partial charge in [0.2, 0.25) is 0 Å². The average Bonchev–Trinajstić information content (AvgIpc) is 2.84. The lowest BCUT2D eigenvalue weighted by atomic mass is 9.90. The lowest BCUT2D eigenvalue weighted by molar-refractivity contribution is -0.137. The minimum Gasteiger partial charge on any atom is -0.493 e. The van der Waals surface area contributed by atoms with Crippen molar-refractivity contribution in [2.75, 3.05) is 32.8 Å². The molecule has 8 nitrogen and oxygen atoms in total. The number of benzene rings is 2. The maximum Gasteiger partial charge on any atom is 0.416 e. The van der Waals surface area contributed by atoms with Crippen LogP contribution in [0.15, 0.2) is 30.3 Å². The van der Waals surface area contributed by atoms with Crippen molar-refractivity contribution >= 4 is 29.5 Å². The molecule has 2 amide bonds. The van der Waals surface area contributed by atoms with Gasteiger partial charge in [0.15, 0.2) is 11.5 Å². The van der Waals surface area contributed by atoms with Crippen LogP contribution in [0.5, 0.6) is 11.5 Å². The summed E-state index contributed by atoms with van der Waals surface area (Å²) in [5.41, 5.74) is 0.146. The first kappa shape index (κ1) is 28.2. The molecular weight excluding hydrogens is 517 g/mol. The van der Waals surface area contributed by atoms with E-state index in [9.17, 15) is 22.8 Å². The van der Waals surface area contributed by atoms with Crippen molar-refractivity contribution in [3.05, 3.63) is 52.0 Å². The van der Waals surface area contributed by atoms with Gasteiger partial charge in [0.25, 0.3) is 0 Å². The van der Waals surface area contributed by atoms with E-state index in [1.807, 2.05) is 0 Å². The minimum absolute atomic E-state index is 0.119. The summed E-state index contributed by atoms with van der Waals surface area (Å²) >= 11 is 5.98. The highest BCUT2D eigenvalue weighted by Gasteiger charge is 2.40. The van der Waals surface area contributed by atoms with Gasteiger partial charge in [-0.2, -0.15) is 13.2 Å². The fraction of sp³-hybridized carbons (Fsp3) is 0.440. The zero-order valence-corrected chi connectivity index (χ0v) is 21.8. The number of hydrogen-bond donors (Lipinski definition) is 0. The molecule has 12 heteroatoms. The quantitative estimate of drug-likeness (QED) is 0.416. The molecule has 1 heterocycles. The number of carbonyl (C=O) groups is 2. The third-order valence-electron chi connectivity index (χ3n) is 6.04. The largest absolute Gasteiger partial charge is 0.493 e. The predicted octanol–water partition coefficient (Wildman–Crippen LogP) is 6.44. The van der Waals surface area contributed by atoms with Crippen LogP contribution in [0, 0.1) is 0 Å². The van der Waals surface area contributed by atoms with Gasteiger partial charge in [0.1, 0.15) is 0 Å². The molecule has 2 atom stereocenters. The lowest BCUT2D eigenvalue weighted by Gasteiger charge is -2.42. The van der Waals surface area contributed by atoms with Crippen molar-refractivity contribution in [1.82, 2.24) is 4.90 Å². The highest BCUT2D eigenvalue weighted by molar-refractivity contribution is 6.30. The lowest BCUT2D eigenvalue weighted by Crippen LogP contribution is -2.47. The second kappa shape index (κ2) is 11.4. The molecule has 0 N–H and O–H groups in total. The van der Waals surface area contributed by atoms with Crippen LogP contribution in [0.1, 0.15) is 43.0 Å². The number of fused-ring (bicyclic) bond motifs is 1. The minimum atomic E-state index is -4.62. The van der Waals surface area contributed by atoms with E-state index in [0.717, 1.165) is 12.1 Å². The second-order valence-corrected chi connectivity index (χ2v) is 8.82. The molecule has 1 aliphatic rings. The van der Waals surface area contributed by atoms with E-state index in [1.54, 1.807) is 26.0 Å². The maximum atomic E-state index is 13.4. The molecule has 0 bridgehead atoms. The van der Waals surface area contributed by atoms with E-state index >= 15 is 0 Å². The molecular formula is C25H28ClF3N2O6. The smallest absolute Gasteiger partial charge is 0.416 e. The highest BCUT2D eigenvalue weighted by Crippen LogP contribution is 2.46. The fourth-order valence-corrected chi connectivity index (χ4v) is 4.70. The number of amides is 2. The molecule has 1 aliphatic heterocycles. The molecule has 3 rings (SSSR count). The Hall–Kier alpha value is -3.34. The number of alkyl halides is 3. The van der Waals surface area contributed by atoms with Crippen LogP contribution >= 0.6 is 11.6 Å². The van der Waals surface area contributed by atoms with Crippen LogP contribution in [0.3, 0.4) is 0 Å². The number of methoxy groups -OCH3 is 3. The zero-order valence-electron chi connectivity index (χ0n) is 21.0. The van der Waals surface area contributed by atoms with Crippen LogP contribution in [0.4, 0.5) is 28.4 Å².